The molecule has 1 aromatic carbocycles. The SMILES string of the molecule is COCC1(CNc2nnc([C@H](N)Cc3ccccc3)o2)CCCC1. The summed E-state index contributed by atoms with van der Waals surface area (Å²) >= 11 is 0. The minimum atomic E-state index is -0.296. The Morgan fingerprint density at radius 1 is 1.25 bits per heavy atom. The van der Waals surface area contributed by atoms with Crippen LogP contribution in [-0.2, 0) is 11.2 Å². The summed E-state index contributed by atoms with van der Waals surface area (Å²) in [5, 5.41) is 11.4. The second-order valence-corrected chi connectivity index (χ2v) is 6.74. The van der Waals surface area contributed by atoms with E-state index >= 15 is 0 Å². The summed E-state index contributed by atoms with van der Waals surface area (Å²) in [5.41, 5.74) is 7.52. The first-order chi connectivity index (χ1) is 11.7. The molecular formula is C18H26N4O2. The van der Waals surface area contributed by atoms with Crippen LogP contribution in [0.25, 0.3) is 0 Å². The first-order valence-corrected chi connectivity index (χ1v) is 8.56. The number of ether oxygens (including phenoxy) is 1. The van der Waals surface area contributed by atoms with E-state index in [1.54, 1.807) is 7.11 Å². The van der Waals surface area contributed by atoms with Gasteiger partial charge in [-0.25, -0.2) is 0 Å². The summed E-state index contributed by atoms with van der Waals surface area (Å²) in [7, 11) is 1.76. The molecule has 1 saturated carbocycles. The van der Waals surface area contributed by atoms with Crippen LogP contribution in [0.4, 0.5) is 6.01 Å². The highest BCUT2D eigenvalue weighted by Crippen LogP contribution is 2.38. The zero-order chi connectivity index (χ0) is 16.8. The molecular weight excluding hydrogens is 304 g/mol. The molecule has 0 radical (unpaired) electrons. The number of hydrogen-bond donors (Lipinski definition) is 2. The summed E-state index contributed by atoms with van der Waals surface area (Å²) in [6, 6.07) is 10.2. The maximum atomic E-state index is 6.19. The van der Waals surface area contributed by atoms with E-state index in [4.69, 9.17) is 14.9 Å². The number of rotatable bonds is 8. The van der Waals surface area contributed by atoms with Crippen molar-refractivity contribution in [2.45, 2.75) is 38.1 Å². The number of nitrogens with zero attached hydrogens (tertiary/aromatic N) is 2. The van der Waals surface area contributed by atoms with Gasteiger partial charge in [0.15, 0.2) is 0 Å². The molecule has 6 heteroatoms. The quantitative estimate of drug-likeness (QED) is 0.774. The predicted molar refractivity (Wildman–Crippen MR) is 92.6 cm³/mol. The van der Waals surface area contributed by atoms with E-state index in [1.807, 2.05) is 30.3 Å². The van der Waals surface area contributed by atoms with E-state index in [1.165, 1.54) is 25.7 Å². The molecule has 1 heterocycles. The van der Waals surface area contributed by atoms with Gasteiger partial charge in [0.2, 0.25) is 5.89 Å². The van der Waals surface area contributed by atoms with Gasteiger partial charge in [-0.3, -0.25) is 0 Å². The van der Waals surface area contributed by atoms with Crippen molar-refractivity contribution in [3.05, 3.63) is 41.8 Å². The summed E-state index contributed by atoms with van der Waals surface area (Å²) in [6.07, 6.45) is 5.52. The summed E-state index contributed by atoms with van der Waals surface area (Å²) in [5.74, 6) is 0.466. The third kappa shape index (κ3) is 4.13. The van der Waals surface area contributed by atoms with E-state index < -0.39 is 0 Å². The fraction of sp³-hybridized carbons (Fsp3) is 0.556. The Kier molecular flexibility index (Phi) is 5.48. The second kappa shape index (κ2) is 7.77. The van der Waals surface area contributed by atoms with E-state index in [-0.39, 0.29) is 11.5 Å². The van der Waals surface area contributed by atoms with Gasteiger partial charge in [0.05, 0.1) is 12.6 Å². The Labute approximate surface area is 142 Å². The average Bonchev–Trinajstić information content (AvgIpc) is 3.24. The number of benzene rings is 1. The number of nitrogens with two attached hydrogens (primary N) is 1. The summed E-state index contributed by atoms with van der Waals surface area (Å²) in [4.78, 5) is 0. The topological polar surface area (TPSA) is 86.2 Å². The van der Waals surface area contributed by atoms with Gasteiger partial charge in [0.25, 0.3) is 0 Å². The van der Waals surface area contributed by atoms with Gasteiger partial charge < -0.3 is 20.2 Å². The Hall–Kier alpha value is -1.92. The number of methoxy groups -OCH3 is 1. The van der Waals surface area contributed by atoms with Crippen LogP contribution < -0.4 is 11.1 Å². The number of hydrogen-bond acceptors (Lipinski definition) is 6. The smallest absolute Gasteiger partial charge is 0.315 e. The molecule has 3 rings (SSSR count). The molecule has 1 aliphatic rings. The van der Waals surface area contributed by atoms with Gasteiger partial charge >= 0.3 is 6.01 Å². The van der Waals surface area contributed by atoms with Gasteiger partial charge in [0, 0.05) is 19.1 Å². The number of anilines is 1. The van der Waals surface area contributed by atoms with Crippen LogP contribution in [0, 0.1) is 5.41 Å². The van der Waals surface area contributed by atoms with Crippen molar-refractivity contribution in [2.75, 3.05) is 25.6 Å². The lowest BCUT2D eigenvalue weighted by Gasteiger charge is -2.27. The standard InChI is InChI=1S/C18H26N4O2/c1-23-13-18(9-5-6-10-18)12-20-17-22-21-16(24-17)15(19)11-14-7-3-2-4-8-14/h2-4,7-8,15H,5-6,9-13,19H2,1H3,(H,20,22)/t15-/m1/s1. The first-order valence-electron chi connectivity index (χ1n) is 8.56. The fourth-order valence-corrected chi connectivity index (χ4v) is 3.48. The number of nitrogens with one attached hydrogen (secondary N) is 1. The maximum Gasteiger partial charge on any atom is 0.315 e. The van der Waals surface area contributed by atoms with Crippen LogP contribution >= 0.6 is 0 Å². The Morgan fingerprint density at radius 3 is 2.71 bits per heavy atom. The molecule has 0 saturated heterocycles. The van der Waals surface area contributed by atoms with E-state index in [0.29, 0.717) is 18.3 Å². The Balaban J connectivity index is 1.57. The number of aromatic nitrogens is 2. The zero-order valence-electron chi connectivity index (χ0n) is 14.2. The molecule has 1 aromatic heterocycles. The molecule has 24 heavy (non-hydrogen) atoms. The molecule has 1 atom stereocenters. The van der Waals surface area contributed by atoms with E-state index in [9.17, 15) is 0 Å². The molecule has 0 bridgehead atoms. The van der Waals surface area contributed by atoms with Crippen molar-refractivity contribution in [3.8, 4) is 0 Å². The van der Waals surface area contributed by atoms with Gasteiger partial charge in [-0.1, -0.05) is 48.3 Å². The van der Waals surface area contributed by atoms with Crippen LogP contribution in [0.1, 0.15) is 43.2 Å². The molecule has 6 nitrogen and oxygen atoms in total. The monoisotopic (exact) mass is 330 g/mol. The highest BCUT2D eigenvalue weighted by molar-refractivity contribution is 5.20. The molecule has 1 aliphatic carbocycles. The van der Waals surface area contributed by atoms with Crippen molar-refractivity contribution in [1.82, 2.24) is 10.2 Å². The van der Waals surface area contributed by atoms with Gasteiger partial charge in [0.1, 0.15) is 0 Å². The van der Waals surface area contributed by atoms with Crippen LogP contribution in [-0.4, -0.2) is 30.5 Å². The first kappa shape index (κ1) is 16.9. The van der Waals surface area contributed by atoms with Crippen molar-refractivity contribution >= 4 is 6.01 Å². The highest BCUT2D eigenvalue weighted by atomic mass is 16.5. The average molecular weight is 330 g/mol. The van der Waals surface area contributed by atoms with Crippen LogP contribution in [0.2, 0.25) is 0 Å². The van der Waals surface area contributed by atoms with Crippen molar-refractivity contribution in [2.24, 2.45) is 11.1 Å². The molecule has 130 valence electrons. The molecule has 0 aliphatic heterocycles. The van der Waals surface area contributed by atoms with E-state index in [2.05, 4.69) is 15.5 Å². The molecule has 1 fully saturated rings. The lowest BCUT2D eigenvalue weighted by Crippen LogP contribution is -2.31. The third-order valence-electron chi connectivity index (χ3n) is 4.79. The molecule has 0 amide bonds. The van der Waals surface area contributed by atoms with Crippen molar-refractivity contribution < 1.29 is 9.15 Å². The second-order valence-electron chi connectivity index (χ2n) is 6.74. The molecule has 0 unspecified atom stereocenters. The van der Waals surface area contributed by atoms with Gasteiger partial charge in [-0.2, -0.15) is 0 Å². The zero-order valence-corrected chi connectivity index (χ0v) is 14.2. The van der Waals surface area contributed by atoms with Crippen molar-refractivity contribution in [3.63, 3.8) is 0 Å². The van der Waals surface area contributed by atoms with Crippen LogP contribution in [0.3, 0.4) is 0 Å². The highest BCUT2D eigenvalue weighted by Gasteiger charge is 2.34. The maximum absolute atomic E-state index is 6.19. The largest absolute Gasteiger partial charge is 0.406 e. The lowest BCUT2D eigenvalue weighted by atomic mass is 9.87. The fourth-order valence-electron chi connectivity index (χ4n) is 3.48. The lowest BCUT2D eigenvalue weighted by molar-refractivity contribution is 0.0919. The normalized spacial score (nSPS) is 17.8. The Morgan fingerprint density at radius 2 is 2.00 bits per heavy atom. The predicted octanol–water partition coefficient (Wildman–Crippen LogP) is 2.93. The van der Waals surface area contributed by atoms with Crippen LogP contribution in [0.15, 0.2) is 34.7 Å². The summed E-state index contributed by atoms with van der Waals surface area (Å²) < 4.78 is 11.1. The van der Waals surface area contributed by atoms with E-state index in [0.717, 1.165) is 18.7 Å². The molecule has 3 N–H and O–H groups in total. The van der Waals surface area contributed by atoms with Crippen LogP contribution in [0.5, 0.6) is 0 Å². The minimum Gasteiger partial charge on any atom is -0.406 e. The van der Waals surface area contributed by atoms with Crippen molar-refractivity contribution in [1.29, 1.82) is 0 Å². The third-order valence-corrected chi connectivity index (χ3v) is 4.79. The Bertz CT molecular complexity index is 623. The minimum absolute atomic E-state index is 0.176. The molecule has 0 spiro atoms. The molecule has 2 aromatic rings. The van der Waals surface area contributed by atoms with Gasteiger partial charge in [-0.05, 0) is 24.8 Å². The summed E-state index contributed by atoms with van der Waals surface area (Å²) in [6.45, 7) is 1.55. The van der Waals surface area contributed by atoms with Gasteiger partial charge in [-0.15, -0.1) is 5.10 Å².